The summed E-state index contributed by atoms with van der Waals surface area (Å²) in [6, 6.07) is 13.6. The van der Waals surface area contributed by atoms with Crippen LogP contribution in [0, 0.1) is 6.92 Å². The van der Waals surface area contributed by atoms with E-state index in [0.29, 0.717) is 41.9 Å². The number of fused-ring (bicyclic) bond motifs is 2. The number of allylic oxidation sites excluding steroid dienone is 1. The zero-order chi connectivity index (χ0) is 22.8. The third kappa shape index (κ3) is 4.74. The Morgan fingerprint density at radius 3 is 2.82 bits per heavy atom. The maximum atomic E-state index is 13.1. The molecule has 1 N–H and O–H groups in total. The van der Waals surface area contributed by atoms with E-state index < -0.39 is 0 Å². The van der Waals surface area contributed by atoms with Gasteiger partial charge in [0.25, 0.3) is 5.56 Å². The van der Waals surface area contributed by atoms with Gasteiger partial charge in [-0.05, 0) is 48.8 Å². The fourth-order valence-corrected chi connectivity index (χ4v) is 4.50. The van der Waals surface area contributed by atoms with E-state index in [0.717, 1.165) is 43.9 Å². The molecule has 0 radical (unpaired) electrons. The first kappa shape index (κ1) is 21.6. The van der Waals surface area contributed by atoms with E-state index in [1.54, 1.807) is 22.8 Å². The van der Waals surface area contributed by atoms with Gasteiger partial charge < -0.3 is 10.1 Å². The topological polar surface area (TPSA) is 76.5 Å². The number of benzene rings is 2. The fraction of sp³-hybridized carbons (Fsp3) is 0.346. The highest BCUT2D eigenvalue weighted by molar-refractivity contribution is 5.94. The smallest absolute Gasteiger partial charge is 0.261 e. The van der Waals surface area contributed by atoms with Crippen molar-refractivity contribution in [2.45, 2.75) is 26.3 Å². The average molecular weight is 445 g/mol. The molecule has 0 atom stereocenters. The summed E-state index contributed by atoms with van der Waals surface area (Å²) in [5, 5.41) is 3.53. The van der Waals surface area contributed by atoms with Gasteiger partial charge in [0, 0.05) is 38.3 Å². The van der Waals surface area contributed by atoms with Crippen LogP contribution >= 0.6 is 0 Å². The lowest BCUT2D eigenvalue weighted by molar-refractivity contribution is -0.116. The average Bonchev–Trinajstić information content (AvgIpc) is 3.21. The summed E-state index contributed by atoms with van der Waals surface area (Å²) in [6.07, 6.45) is 3.31. The van der Waals surface area contributed by atoms with Crippen LogP contribution in [-0.2, 0) is 16.1 Å². The van der Waals surface area contributed by atoms with Crippen LogP contribution in [0.25, 0.3) is 22.6 Å². The maximum absolute atomic E-state index is 13.1. The van der Waals surface area contributed by atoms with E-state index in [-0.39, 0.29) is 11.5 Å². The second kappa shape index (κ2) is 9.29. The predicted octanol–water partition coefficient (Wildman–Crippen LogP) is 3.31. The number of carbonyl (C=O) groups excluding carboxylic acids is 1. The van der Waals surface area contributed by atoms with Crippen molar-refractivity contribution in [3.05, 3.63) is 69.8 Å². The van der Waals surface area contributed by atoms with Crippen LogP contribution in [0.1, 0.15) is 29.8 Å². The molecular formula is C26H28N4O3. The number of amides is 1. The van der Waals surface area contributed by atoms with Gasteiger partial charge in [0.1, 0.15) is 5.82 Å². The molecule has 1 fully saturated rings. The number of rotatable bonds is 5. The Bertz CT molecular complexity index is 1290. The lowest BCUT2D eigenvalue weighted by atomic mass is 10.1. The molecule has 7 nitrogen and oxygen atoms in total. The third-order valence-electron chi connectivity index (χ3n) is 6.27. The molecule has 2 aliphatic heterocycles. The predicted molar refractivity (Wildman–Crippen MR) is 130 cm³/mol. The number of carbonyl (C=O) groups is 1. The van der Waals surface area contributed by atoms with E-state index in [2.05, 4.69) is 41.4 Å². The fourth-order valence-electron chi connectivity index (χ4n) is 4.50. The van der Waals surface area contributed by atoms with E-state index in [9.17, 15) is 9.59 Å². The van der Waals surface area contributed by atoms with Gasteiger partial charge in [-0.25, -0.2) is 4.98 Å². The van der Waals surface area contributed by atoms with Crippen molar-refractivity contribution in [3.63, 3.8) is 0 Å². The molecule has 33 heavy (non-hydrogen) atoms. The Balaban J connectivity index is 1.37. The van der Waals surface area contributed by atoms with Crippen molar-refractivity contribution < 1.29 is 9.53 Å². The number of hydrogen-bond acceptors (Lipinski definition) is 5. The summed E-state index contributed by atoms with van der Waals surface area (Å²) in [5.41, 5.74) is 4.59. The van der Waals surface area contributed by atoms with Crippen molar-refractivity contribution in [1.82, 2.24) is 14.5 Å². The molecule has 3 heterocycles. The van der Waals surface area contributed by atoms with Gasteiger partial charge in [0.2, 0.25) is 5.91 Å². The number of nitrogens with zero attached hydrogens (tertiary/aromatic N) is 3. The number of nitrogens with one attached hydrogen (secondary N) is 1. The summed E-state index contributed by atoms with van der Waals surface area (Å²) >= 11 is 0. The molecular weight excluding hydrogens is 416 g/mol. The molecule has 7 heteroatoms. The van der Waals surface area contributed by atoms with Crippen LogP contribution in [0.2, 0.25) is 0 Å². The first-order valence-electron chi connectivity index (χ1n) is 11.5. The number of morpholine rings is 1. The Morgan fingerprint density at radius 1 is 1.15 bits per heavy atom. The van der Waals surface area contributed by atoms with Crippen molar-refractivity contribution in [3.8, 4) is 0 Å². The molecule has 5 rings (SSSR count). The molecule has 1 aromatic heterocycles. The normalized spacial score (nSPS) is 17.4. The molecule has 0 aliphatic carbocycles. The molecule has 3 aromatic rings. The van der Waals surface area contributed by atoms with E-state index in [1.165, 1.54) is 5.56 Å². The van der Waals surface area contributed by atoms with Gasteiger partial charge in [-0.15, -0.1) is 0 Å². The zero-order valence-corrected chi connectivity index (χ0v) is 18.8. The second-order valence-corrected chi connectivity index (χ2v) is 8.71. The van der Waals surface area contributed by atoms with E-state index in [4.69, 9.17) is 9.72 Å². The Hall–Kier alpha value is -3.29. The van der Waals surface area contributed by atoms with Gasteiger partial charge in [0.15, 0.2) is 0 Å². The van der Waals surface area contributed by atoms with Gasteiger partial charge in [0.05, 0.1) is 24.1 Å². The minimum Gasteiger partial charge on any atom is -0.379 e. The molecule has 2 aliphatic rings. The second-order valence-electron chi connectivity index (χ2n) is 8.71. The number of hydrogen-bond donors (Lipinski definition) is 1. The SMILES string of the molecule is Cc1cccc(C=C2CCn3c2nc2cc(NC(=O)CCN4CCOCC4)ccc2c3=O)c1. The molecule has 170 valence electrons. The monoisotopic (exact) mass is 444 g/mol. The number of aryl methyl sites for hydroxylation is 1. The number of aromatic nitrogens is 2. The molecule has 1 amide bonds. The molecule has 0 saturated carbocycles. The van der Waals surface area contributed by atoms with Gasteiger partial charge in [-0.1, -0.05) is 29.8 Å². The highest BCUT2D eigenvalue weighted by atomic mass is 16.5. The number of ether oxygens (including phenoxy) is 1. The quantitative estimate of drug-likeness (QED) is 0.653. The first-order chi connectivity index (χ1) is 16.1. The largest absolute Gasteiger partial charge is 0.379 e. The van der Waals surface area contributed by atoms with Crippen molar-refractivity contribution in [2.24, 2.45) is 0 Å². The summed E-state index contributed by atoms with van der Waals surface area (Å²) in [4.78, 5) is 32.6. The van der Waals surface area contributed by atoms with E-state index in [1.807, 2.05) is 6.07 Å². The van der Waals surface area contributed by atoms with Crippen molar-refractivity contribution in [1.29, 1.82) is 0 Å². The maximum Gasteiger partial charge on any atom is 0.261 e. The molecule has 2 aromatic carbocycles. The highest BCUT2D eigenvalue weighted by Crippen LogP contribution is 2.28. The standard InChI is InChI=1S/C26H28N4O3/c1-18-3-2-4-19(15-18)16-20-7-10-30-25(20)28-23-17-21(5-6-22(23)26(30)32)27-24(31)8-9-29-11-13-33-14-12-29/h2-6,15-17H,7-14H2,1H3,(H,27,31). The molecule has 0 bridgehead atoms. The van der Waals surface area contributed by atoms with Crippen LogP contribution in [0.4, 0.5) is 5.69 Å². The summed E-state index contributed by atoms with van der Waals surface area (Å²) in [7, 11) is 0. The lowest BCUT2D eigenvalue weighted by Gasteiger charge is -2.26. The summed E-state index contributed by atoms with van der Waals surface area (Å²) < 4.78 is 7.10. The van der Waals surface area contributed by atoms with Crippen LogP contribution in [0.15, 0.2) is 47.3 Å². The summed E-state index contributed by atoms with van der Waals surface area (Å²) in [5.74, 6) is 0.670. The van der Waals surface area contributed by atoms with Crippen molar-refractivity contribution in [2.75, 3.05) is 38.2 Å². The first-order valence-corrected chi connectivity index (χ1v) is 11.5. The Kier molecular flexibility index (Phi) is 6.07. The minimum atomic E-state index is -0.0428. The van der Waals surface area contributed by atoms with Crippen molar-refractivity contribution >= 4 is 34.1 Å². The number of anilines is 1. The Morgan fingerprint density at radius 2 is 2.00 bits per heavy atom. The third-order valence-corrected chi connectivity index (χ3v) is 6.27. The van der Waals surface area contributed by atoms with Gasteiger partial charge in [-0.3, -0.25) is 19.1 Å². The zero-order valence-electron chi connectivity index (χ0n) is 18.8. The van der Waals surface area contributed by atoms with Gasteiger partial charge >= 0.3 is 0 Å². The van der Waals surface area contributed by atoms with Crippen LogP contribution in [0.5, 0.6) is 0 Å². The summed E-state index contributed by atoms with van der Waals surface area (Å²) in [6.45, 7) is 6.58. The van der Waals surface area contributed by atoms with E-state index >= 15 is 0 Å². The molecule has 1 saturated heterocycles. The van der Waals surface area contributed by atoms with Crippen LogP contribution < -0.4 is 10.9 Å². The van der Waals surface area contributed by atoms with Crippen LogP contribution in [0.3, 0.4) is 0 Å². The molecule has 0 unspecified atom stereocenters. The lowest BCUT2D eigenvalue weighted by Crippen LogP contribution is -2.38. The van der Waals surface area contributed by atoms with Crippen LogP contribution in [-0.4, -0.2) is 53.2 Å². The Labute approximate surface area is 192 Å². The highest BCUT2D eigenvalue weighted by Gasteiger charge is 2.21. The molecule has 0 spiro atoms. The van der Waals surface area contributed by atoms with Gasteiger partial charge in [-0.2, -0.15) is 0 Å². The minimum absolute atomic E-state index is 0.0344.